The Kier molecular flexibility index (Phi) is 6.28. The number of nitrogen functional groups attached to an aromatic ring is 1. The van der Waals surface area contributed by atoms with E-state index in [-0.39, 0.29) is 34.6 Å². The third-order valence-electron chi connectivity index (χ3n) is 9.27. The van der Waals surface area contributed by atoms with Gasteiger partial charge in [-0.3, -0.25) is 14.2 Å². The molecule has 8 rings (SSSR count). The standard InChI is InChI=1S/C34H31N7O3S/c1-45(43,44)30-29(22-17-23-12-13-24(18-22)41(23)34(42)32-37-27-9-5-6-10-28(27)38-32)39-33-25(15-16-40(33)31(30)35)21-11-14-26(36-19-21)20-7-3-2-4-8-20/h2-11,14-16,19,22-24H,12-13,17-18,35H2,1H3,(H,37,38)/t22?,23-,24+. The van der Waals surface area contributed by atoms with Gasteiger partial charge in [0.15, 0.2) is 15.7 Å². The second kappa shape index (κ2) is 10.3. The lowest BCUT2D eigenvalue weighted by Gasteiger charge is -2.38. The van der Waals surface area contributed by atoms with E-state index in [1.54, 1.807) is 10.6 Å². The zero-order valence-corrected chi connectivity index (χ0v) is 25.4. The molecule has 2 bridgehead atoms. The van der Waals surface area contributed by atoms with Crippen molar-refractivity contribution in [3.63, 3.8) is 0 Å². The van der Waals surface area contributed by atoms with E-state index >= 15 is 0 Å². The number of aromatic amines is 1. The Hall–Kier alpha value is -5.03. The van der Waals surface area contributed by atoms with Gasteiger partial charge in [0.05, 0.1) is 22.4 Å². The molecule has 4 aromatic heterocycles. The molecule has 2 saturated heterocycles. The molecule has 3 atom stereocenters. The van der Waals surface area contributed by atoms with Crippen molar-refractivity contribution in [2.75, 3.05) is 12.0 Å². The van der Waals surface area contributed by atoms with Crippen LogP contribution in [0.4, 0.5) is 5.82 Å². The molecule has 1 unspecified atom stereocenters. The minimum atomic E-state index is -3.72. The highest BCUT2D eigenvalue weighted by atomic mass is 32.2. The van der Waals surface area contributed by atoms with Gasteiger partial charge in [-0.15, -0.1) is 0 Å². The van der Waals surface area contributed by atoms with Crippen LogP contribution in [0.3, 0.4) is 0 Å². The summed E-state index contributed by atoms with van der Waals surface area (Å²) in [7, 11) is -3.72. The fourth-order valence-electron chi connectivity index (χ4n) is 7.26. The Morgan fingerprint density at radius 1 is 0.911 bits per heavy atom. The highest BCUT2D eigenvalue weighted by Crippen LogP contribution is 2.46. The summed E-state index contributed by atoms with van der Waals surface area (Å²) in [6.45, 7) is 0. The predicted octanol–water partition coefficient (Wildman–Crippen LogP) is 5.48. The van der Waals surface area contributed by atoms with Crippen LogP contribution in [0.5, 0.6) is 0 Å². The number of hydrogen-bond acceptors (Lipinski definition) is 7. The molecule has 6 aromatic rings. The van der Waals surface area contributed by atoms with Crippen molar-refractivity contribution in [1.82, 2.24) is 29.2 Å². The number of carbonyl (C=O) groups excluding carboxylic acids is 1. The highest BCUT2D eigenvalue weighted by molar-refractivity contribution is 7.91. The first-order valence-corrected chi connectivity index (χ1v) is 16.9. The van der Waals surface area contributed by atoms with Gasteiger partial charge in [-0.2, -0.15) is 0 Å². The van der Waals surface area contributed by atoms with Crippen LogP contribution in [0.2, 0.25) is 0 Å². The summed E-state index contributed by atoms with van der Waals surface area (Å²) < 4.78 is 28.1. The molecule has 1 amide bonds. The number of pyridine rings is 1. The molecule has 0 radical (unpaired) electrons. The summed E-state index contributed by atoms with van der Waals surface area (Å²) in [6.07, 6.45) is 7.62. The quantitative estimate of drug-likeness (QED) is 0.261. The number of amides is 1. The maximum absolute atomic E-state index is 13.7. The minimum Gasteiger partial charge on any atom is -0.384 e. The number of aromatic nitrogens is 5. The topological polar surface area (TPSA) is 139 Å². The SMILES string of the molecule is CS(=O)(=O)c1c(C2C[C@H]3CC[C@@H](C2)N3C(=O)c2nc3ccccc3[nH]2)nc2c(-c3ccc(-c4ccccc4)nc3)ccn2c1N. The lowest BCUT2D eigenvalue weighted by Crippen LogP contribution is -2.46. The first-order valence-electron chi connectivity index (χ1n) is 15.1. The largest absolute Gasteiger partial charge is 0.384 e. The van der Waals surface area contributed by atoms with Crippen LogP contribution in [0.15, 0.2) is 90.1 Å². The van der Waals surface area contributed by atoms with Crippen molar-refractivity contribution >= 4 is 38.2 Å². The number of carbonyl (C=O) groups is 1. The number of nitrogens with two attached hydrogens (primary N) is 1. The zero-order chi connectivity index (χ0) is 30.9. The number of piperidine rings is 1. The molecule has 0 saturated carbocycles. The van der Waals surface area contributed by atoms with Crippen LogP contribution in [0.25, 0.3) is 39.1 Å². The molecule has 226 valence electrons. The first kappa shape index (κ1) is 27.5. The van der Waals surface area contributed by atoms with Crippen molar-refractivity contribution in [1.29, 1.82) is 0 Å². The maximum Gasteiger partial charge on any atom is 0.290 e. The van der Waals surface area contributed by atoms with Crippen LogP contribution in [-0.4, -0.2) is 61.9 Å². The first-order chi connectivity index (χ1) is 21.8. The summed E-state index contributed by atoms with van der Waals surface area (Å²) in [5, 5.41) is 0. The lowest BCUT2D eigenvalue weighted by atomic mass is 9.87. The van der Waals surface area contributed by atoms with Gasteiger partial charge >= 0.3 is 0 Å². The molecule has 2 aliphatic heterocycles. The van der Waals surface area contributed by atoms with Gasteiger partial charge in [-0.1, -0.05) is 48.5 Å². The van der Waals surface area contributed by atoms with E-state index in [9.17, 15) is 13.2 Å². The van der Waals surface area contributed by atoms with Crippen LogP contribution in [0.1, 0.15) is 47.9 Å². The molecule has 0 aliphatic carbocycles. The van der Waals surface area contributed by atoms with Crippen molar-refractivity contribution < 1.29 is 13.2 Å². The van der Waals surface area contributed by atoms with Gasteiger partial charge in [-0.05, 0) is 49.9 Å². The van der Waals surface area contributed by atoms with Gasteiger partial charge in [0.25, 0.3) is 5.91 Å². The molecular formula is C34H31N7O3S. The smallest absolute Gasteiger partial charge is 0.290 e. The lowest BCUT2D eigenvalue weighted by molar-refractivity contribution is 0.0557. The average Bonchev–Trinajstić information content (AvgIpc) is 3.74. The molecule has 45 heavy (non-hydrogen) atoms. The number of fused-ring (bicyclic) bond motifs is 4. The number of anilines is 1. The Morgan fingerprint density at radius 3 is 2.33 bits per heavy atom. The van der Waals surface area contributed by atoms with E-state index in [1.165, 1.54) is 6.26 Å². The normalized spacial score (nSPS) is 19.8. The molecule has 3 N–H and O–H groups in total. The molecule has 6 heterocycles. The molecule has 11 heteroatoms. The number of para-hydroxylation sites is 2. The fourth-order valence-corrected chi connectivity index (χ4v) is 8.33. The summed E-state index contributed by atoms with van der Waals surface area (Å²) in [5.74, 6) is 0.173. The van der Waals surface area contributed by atoms with Gasteiger partial charge in [-0.25, -0.2) is 18.4 Å². The number of nitrogens with one attached hydrogen (secondary N) is 1. The number of sulfone groups is 1. The minimum absolute atomic E-state index is 0.0536. The van der Waals surface area contributed by atoms with Crippen molar-refractivity contribution in [3.05, 3.63) is 96.7 Å². The third-order valence-corrected chi connectivity index (χ3v) is 10.4. The van der Waals surface area contributed by atoms with Gasteiger partial charge < -0.3 is 15.6 Å². The van der Waals surface area contributed by atoms with Crippen LogP contribution in [-0.2, 0) is 9.84 Å². The summed E-state index contributed by atoms with van der Waals surface area (Å²) in [5.41, 5.74) is 12.8. The Bertz CT molecular complexity index is 2160. The molecule has 0 spiro atoms. The highest BCUT2D eigenvalue weighted by Gasteiger charge is 2.46. The number of rotatable bonds is 5. The van der Waals surface area contributed by atoms with Crippen LogP contribution < -0.4 is 5.73 Å². The zero-order valence-electron chi connectivity index (χ0n) is 24.6. The maximum atomic E-state index is 13.7. The van der Waals surface area contributed by atoms with Gasteiger partial charge in [0, 0.05) is 53.3 Å². The summed E-state index contributed by atoms with van der Waals surface area (Å²) >= 11 is 0. The van der Waals surface area contributed by atoms with Crippen LogP contribution in [0, 0.1) is 0 Å². The summed E-state index contributed by atoms with van der Waals surface area (Å²) in [4.78, 5) is 33.2. The van der Waals surface area contributed by atoms with E-state index in [1.807, 2.05) is 83.9 Å². The number of benzene rings is 2. The molecular weight excluding hydrogens is 586 g/mol. The van der Waals surface area contributed by atoms with E-state index in [0.717, 1.165) is 46.3 Å². The van der Waals surface area contributed by atoms with Gasteiger partial charge in [0.2, 0.25) is 0 Å². The second-order valence-electron chi connectivity index (χ2n) is 12.1. The average molecular weight is 618 g/mol. The van der Waals surface area contributed by atoms with E-state index in [0.29, 0.717) is 30.0 Å². The van der Waals surface area contributed by atoms with Crippen molar-refractivity contribution in [2.45, 2.75) is 48.6 Å². The van der Waals surface area contributed by atoms with E-state index < -0.39 is 9.84 Å². The molecule has 2 aliphatic rings. The molecule has 2 aromatic carbocycles. The monoisotopic (exact) mass is 617 g/mol. The third kappa shape index (κ3) is 4.57. The van der Waals surface area contributed by atoms with Gasteiger partial charge in [0.1, 0.15) is 16.4 Å². The molecule has 2 fully saturated rings. The number of hydrogen-bond donors (Lipinski definition) is 2. The second-order valence-corrected chi connectivity index (χ2v) is 14.0. The fraction of sp³-hybridized carbons (Fsp3) is 0.235. The van der Waals surface area contributed by atoms with Crippen molar-refractivity contribution in [3.8, 4) is 22.4 Å². The Labute approximate surface area is 259 Å². The number of nitrogens with zero attached hydrogens (tertiary/aromatic N) is 5. The van der Waals surface area contributed by atoms with Crippen LogP contribution >= 0.6 is 0 Å². The van der Waals surface area contributed by atoms with Crippen molar-refractivity contribution in [2.24, 2.45) is 0 Å². The van der Waals surface area contributed by atoms with E-state index in [2.05, 4.69) is 15.0 Å². The molecule has 10 nitrogen and oxygen atoms in total. The number of H-pyrrole nitrogens is 1. The Balaban J connectivity index is 1.16. The van der Waals surface area contributed by atoms with E-state index in [4.69, 9.17) is 10.7 Å². The predicted molar refractivity (Wildman–Crippen MR) is 172 cm³/mol. The summed E-state index contributed by atoms with van der Waals surface area (Å²) in [6, 6.07) is 23.3. The number of imidazole rings is 1. The Morgan fingerprint density at radius 2 is 1.64 bits per heavy atom.